The topological polar surface area (TPSA) is 89.2 Å². The van der Waals surface area contributed by atoms with E-state index in [4.69, 9.17) is 4.42 Å². The fraction of sp³-hybridized carbons (Fsp3) is 0.118. The first-order valence-electron chi connectivity index (χ1n) is 7.58. The zero-order chi connectivity index (χ0) is 18.7. The molecule has 9 heteroatoms. The number of furan rings is 1. The number of rotatable bonds is 5. The molecule has 7 nitrogen and oxygen atoms in total. The Balaban J connectivity index is 1.66. The van der Waals surface area contributed by atoms with Gasteiger partial charge < -0.3 is 15.1 Å². The second-order valence-electron chi connectivity index (χ2n) is 5.39. The normalized spacial score (nSPS) is 10.6. The summed E-state index contributed by atoms with van der Waals surface area (Å²) in [5.41, 5.74) is 1.27. The Morgan fingerprint density at radius 2 is 1.96 bits per heavy atom. The molecule has 0 aliphatic carbocycles. The van der Waals surface area contributed by atoms with E-state index < -0.39 is 11.8 Å². The predicted octanol–water partition coefficient (Wildman–Crippen LogP) is 3.04. The molecule has 134 valence electrons. The zero-order valence-corrected chi connectivity index (χ0v) is 15.2. The average molecular weight is 421 g/mol. The summed E-state index contributed by atoms with van der Waals surface area (Å²) in [5, 5.41) is 9.41. The Hall–Kier alpha value is -2.94. The molecule has 0 aliphatic heterocycles. The van der Waals surface area contributed by atoms with Crippen LogP contribution in [0.2, 0.25) is 0 Å². The molecule has 2 N–H and O–H groups in total. The summed E-state index contributed by atoms with van der Waals surface area (Å²) in [6.45, 7) is 1.52. The quantitative estimate of drug-likeness (QED) is 0.663. The first-order valence-corrected chi connectivity index (χ1v) is 8.37. The number of aromatic nitrogens is 2. The molecule has 0 radical (unpaired) electrons. The lowest BCUT2D eigenvalue weighted by Crippen LogP contribution is -2.33. The van der Waals surface area contributed by atoms with Crippen molar-refractivity contribution in [3.8, 4) is 5.69 Å². The van der Waals surface area contributed by atoms with Crippen LogP contribution in [0.1, 0.15) is 16.2 Å². The Labute approximate surface area is 156 Å². The third-order valence-electron chi connectivity index (χ3n) is 3.38. The fourth-order valence-corrected chi connectivity index (χ4v) is 2.55. The van der Waals surface area contributed by atoms with Crippen molar-refractivity contribution in [1.29, 1.82) is 0 Å². The molecule has 0 atom stereocenters. The van der Waals surface area contributed by atoms with Gasteiger partial charge in [-0.05, 0) is 59.3 Å². The highest BCUT2D eigenvalue weighted by Crippen LogP contribution is 2.17. The summed E-state index contributed by atoms with van der Waals surface area (Å²) in [4.78, 5) is 24.0. The van der Waals surface area contributed by atoms with Gasteiger partial charge in [0.05, 0.1) is 17.9 Å². The second kappa shape index (κ2) is 7.52. The molecule has 1 aromatic carbocycles. The van der Waals surface area contributed by atoms with Crippen molar-refractivity contribution < 1.29 is 18.4 Å². The van der Waals surface area contributed by atoms with Crippen LogP contribution in [-0.4, -0.2) is 28.1 Å². The van der Waals surface area contributed by atoms with Crippen molar-refractivity contribution in [2.24, 2.45) is 0 Å². The number of benzene rings is 1. The largest absolute Gasteiger partial charge is 0.444 e. The Morgan fingerprint density at radius 1 is 1.23 bits per heavy atom. The van der Waals surface area contributed by atoms with Crippen LogP contribution in [-0.2, 0) is 4.79 Å². The van der Waals surface area contributed by atoms with Gasteiger partial charge in [0.25, 0.3) is 5.91 Å². The number of hydrogen-bond donors (Lipinski definition) is 2. The zero-order valence-electron chi connectivity index (χ0n) is 13.6. The van der Waals surface area contributed by atoms with E-state index in [2.05, 4.69) is 31.7 Å². The van der Waals surface area contributed by atoms with Gasteiger partial charge in [0.1, 0.15) is 11.6 Å². The van der Waals surface area contributed by atoms with Crippen molar-refractivity contribution in [1.82, 2.24) is 15.1 Å². The van der Waals surface area contributed by atoms with Crippen LogP contribution in [0.4, 0.5) is 10.2 Å². The molecule has 2 heterocycles. The second-order valence-corrected chi connectivity index (χ2v) is 6.18. The van der Waals surface area contributed by atoms with Crippen LogP contribution < -0.4 is 10.6 Å². The van der Waals surface area contributed by atoms with Crippen LogP contribution in [0, 0.1) is 12.7 Å². The van der Waals surface area contributed by atoms with Crippen molar-refractivity contribution >= 4 is 33.6 Å². The third kappa shape index (κ3) is 4.17. The molecule has 0 bridgehead atoms. The lowest BCUT2D eigenvalue weighted by Gasteiger charge is -2.09. The average Bonchev–Trinajstić information content (AvgIpc) is 3.19. The molecule has 0 saturated heterocycles. The molecule has 0 spiro atoms. The minimum atomic E-state index is -0.505. The highest BCUT2D eigenvalue weighted by molar-refractivity contribution is 9.10. The molecule has 2 aromatic heterocycles. The van der Waals surface area contributed by atoms with E-state index in [0.717, 1.165) is 0 Å². The molecule has 2 amide bonds. The van der Waals surface area contributed by atoms with Gasteiger partial charge in [0, 0.05) is 6.07 Å². The first-order chi connectivity index (χ1) is 12.4. The third-order valence-corrected chi connectivity index (χ3v) is 3.80. The predicted molar refractivity (Wildman–Crippen MR) is 95.6 cm³/mol. The number of anilines is 1. The summed E-state index contributed by atoms with van der Waals surface area (Å²) >= 11 is 3.10. The van der Waals surface area contributed by atoms with Crippen molar-refractivity contribution in [3.63, 3.8) is 0 Å². The smallest absolute Gasteiger partial charge is 0.287 e. The van der Waals surface area contributed by atoms with Gasteiger partial charge in [-0.2, -0.15) is 5.10 Å². The molecule has 3 rings (SSSR count). The molecule has 0 unspecified atom stereocenters. The van der Waals surface area contributed by atoms with Gasteiger partial charge in [0.15, 0.2) is 10.4 Å². The summed E-state index contributed by atoms with van der Waals surface area (Å²) in [5.74, 6) is -0.803. The van der Waals surface area contributed by atoms with Crippen LogP contribution in [0.15, 0.2) is 51.6 Å². The van der Waals surface area contributed by atoms with E-state index in [1.165, 1.54) is 22.9 Å². The lowest BCUT2D eigenvalue weighted by atomic mass is 10.3. The Morgan fingerprint density at radius 3 is 2.62 bits per heavy atom. The molecule has 26 heavy (non-hydrogen) atoms. The SMILES string of the molecule is Cc1cc(NC(=O)CNC(=O)c2ccc(Br)o2)n(-c2ccc(F)cc2)n1. The van der Waals surface area contributed by atoms with Crippen LogP contribution >= 0.6 is 15.9 Å². The molecular weight excluding hydrogens is 407 g/mol. The highest BCUT2D eigenvalue weighted by Gasteiger charge is 2.14. The summed E-state index contributed by atoms with van der Waals surface area (Å²) in [6, 6.07) is 10.5. The number of halogens is 2. The number of nitrogens with one attached hydrogen (secondary N) is 2. The summed E-state index contributed by atoms with van der Waals surface area (Å²) < 4.78 is 20.1. The number of carbonyl (C=O) groups excluding carboxylic acids is 2. The summed E-state index contributed by atoms with van der Waals surface area (Å²) in [6.07, 6.45) is 0. The van der Waals surface area contributed by atoms with E-state index in [1.807, 2.05) is 0 Å². The number of hydrogen-bond acceptors (Lipinski definition) is 4. The van der Waals surface area contributed by atoms with Gasteiger partial charge in [-0.15, -0.1) is 0 Å². The van der Waals surface area contributed by atoms with Crippen molar-refractivity contribution in [3.05, 3.63) is 64.4 Å². The van der Waals surface area contributed by atoms with E-state index in [-0.39, 0.29) is 18.1 Å². The minimum Gasteiger partial charge on any atom is -0.444 e. The maximum absolute atomic E-state index is 13.1. The Bertz CT molecular complexity index is 949. The minimum absolute atomic E-state index is 0.0943. The number of carbonyl (C=O) groups is 2. The standard InChI is InChI=1S/C17H14BrFN4O3/c1-10-8-15(23(22-10)12-4-2-11(19)3-5-12)21-16(24)9-20-17(25)13-6-7-14(18)26-13/h2-8H,9H2,1H3,(H,20,25)(H,21,24). The maximum Gasteiger partial charge on any atom is 0.287 e. The van der Waals surface area contributed by atoms with E-state index in [0.29, 0.717) is 21.9 Å². The Kier molecular flexibility index (Phi) is 5.17. The maximum atomic E-state index is 13.1. The molecule has 3 aromatic rings. The van der Waals surface area contributed by atoms with Crippen LogP contribution in [0.25, 0.3) is 5.69 Å². The number of amides is 2. The van der Waals surface area contributed by atoms with Crippen LogP contribution in [0.5, 0.6) is 0 Å². The number of aryl methyl sites for hydroxylation is 1. The summed E-state index contributed by atoms with van der Waals surface area (Å²) in [7, 11) is 0. The van der Waals surface area contributed by atoms with Gasteiger partial charge >= 0.3 is 0 Å². The van der Waals surface area contributed by atoms with Gasteiger partial charge in [0.2, 0.25) is 5.91 Å². The van der Waals surface area contributed by atoms with Gasteiger partial charge in [-0.25, -0.2) is 9.07 Å². The van der Waals surface area contributed by atoms with E-state index in [1.54, 1.807) is 31.2 Å². The van der Waals surface area contributed by atoms with E-state index in [9.17, 15) is 14.0 Å². The molecule has 0 saturated carbocycles. The first kappa shape index (κ1) is 17.9. The fourth-order valence-electron chi connectivity index (χ4n) is 2.24. The van der Waals surface area contributed by atoms with Gasteiger partial charge in [-0.3, -0.25) is 9.59 Å². The van der Waals surface area contributed by atoms with E-state index >= 15 is 0 Å². The number of nitrogens with zero attached hydrogens (tertiary/aromatic N) is 2. The van der Waals surface area contributed by atoms with Crippen LogP contribution in [0.3, 0.4) is 0 Å². The molecular formula is C17H14BrFN4O3. The molecule has 0 fully saturated rings. The monoisotopic (exact) mass is 420 g/mol. The van der Waals surface area contributed by atoms with Gasteiger partial charge in [-0.1, -0.05) is 0 Å². The lowest BCUT2D eigenvalue weighted by molar-refractivity contribution is -0.115. The molecule has 0 aliphatic rings. The van der Waals surface area contributed by atoms with Crippen molar-refractivity contribution in [2.75, 3.05) is 11.9 Å². The van der Waals surface area contributed by atoms with Crippen molar-refractivity contribution in [2.45, 2.75) is 6.92 Å². The highest BCUT2D eigenvalue weighted by atomic mass is 79.9.